The topological polar surface area (TPSA) is 104 Å². The van der Waals surface area contributed by atoms with Crippen molar-refractivity contribution in [2.75, 3.05) is 17.3 Å². The third-order valence-corrected chi connectivity index (χ3v) is 3.45. The molecule has 132 valence electrons. The third kappa shape index (κ3) is 5.06. The van der Waals surface area contributed by atoms with Crippen molar-refractivity contribution in [3.05, 3.63) is 59.1 Å². The molecule has 0 atom stereocenters. The molecule has 1 amide bonds. The number of esters is 1. The van der Waals surface area contributed by atoms with E-state index in [1.165, 1.54) is 6.07 Å². The zero-order valence-corrected chi connectivity index (χ0v) is 14.6. The Hall–Kier alpha value is -3.37. The number of nitriles is 1. The molecule has 0 fully saturated rings. The first-order chi connectivity index (χ1) is 12.5. The van der Waals surface area contributed by atoms with Gasteiger partial charge in [-0.25, -0.2) is 4.79 Å². The first kappa shape index (κ1) is 19.0. The van der Waals surface area contributed by atoms with Gasteiger partial charge in [0.1, 0.15) is 6.07 Å². The second-order valence-electron chi connectivity index (χ2n) is 4.92. The SMILES string of the molecule is CCOC(=O)/C(C#N)=N/Nc1cccc(C(=O)Nc2ccccc2Cl)c1. The van der Waals surface area contributed by atoms with Crippen molar-refractivity contribution in [2.45, 2.75) is 6.92 Å². The van der Waals surface area contributed by atoms with Gasteiger partial charge in [-0.1, -0.05) is 29.8 Å². The molecule has 2 aromatic carbocycles. The fourth-order valence-corrected chi connectivity index (χ4v) is 2.11. The second kappa shape index (κ2) is 9.20. The average molecular weight is 371 g/mol. The number of hydrogen-bond donors (Lipinski definition) is 2. The predicted molar refractivity (Wildman–Crippen MR) is 99.2 cm³/mol. The summed E-state index contributed by atoms with van der Waals surface area (Å²) in [5.41, 5.74) is 3.41. The number of carbonyl (C=O) groups is 2. The van der Waals surface area contributed by atoms with Crippen molar-refractivity contribution in [2.24, 2.45) is 5.10 Å². The molecule has 0 aliphatic carbocycles. The van der Waals surface area contributed by atoms with Crippen LogP contribution < -0.4 is 10.7 Å². The summed E-state index contributed by atoms with van der Waals surface area (Å²) in [6.45, 7) is 1.76. The molecular formula is C18H15ClN4O3. The highest BCUT2D eigenvalue weighted by atomic mass is 35.5. The third-order valence-electron chi connectivity index (χ3n) is 3.12. The number of amides is 1. The van der Waals surface area contributed by atoms with Crippen LogP contribution in [0.1, 0.15) is 17.3 Å². The molecule has 0 heterocycles. The van der Waals surface area contributed by atoms with Crippen molar-refractivity contribution in [1.82, 2.24) is 0 Å². The van der Waals surface area contributed by atoms with E-state index >= 15 is 0 Å². The summed E-state index contributed by atoms with van der Waals surface area (Å²) in [4.78, 5) is 23.9. The van der Waals surface area contributed by atoms with Crippen LogP contribution in [-0.4, -0.2) is 24.2 Å². The van der Waals surface area contributed by atoms with E-state index in [-0.39, 0.29) is 12.5 Å². The largest absolute Gasteiger partial charge is 0.461 e. The van der Waals surface area contributed by atoms with Gasteiger partial charge in [0.2, 0.25) is 5.71 Å². The highest BCUT2D eigenvalue weighted by Gasteiger charge is 2.12. The van der Waals surface area contributed by atoms with Gasteiger partial charge in [-0.15, -0.1) is 0 Å². The fourth-order valence-electron chi connectivity index (χ4n) is 1.92. The molecule has 0 unspecified atom stereocenters. The Bertz CT molecular complexity index is 890. The molecule has 0 saturated heterocycles. The van der Waals surface area contributed by atoms with Gasteiger partial charge in [-0.2, -0.15) is 10.4 Å². The molecule has 2 rings (SSSR count). The van der Waals surface area contributed by atoms with E-state index in [1.54, 1.807) is 55.5 Å². The normalized spacial score (nSPS) is 10.6. The molecule has 0 aliphatic heterocycles. The van der Waals surface area contributed by atoms with Crippen molar-refractivity contribution in [3.63, 3.8) is 0 Å². The maximum atomic E-state index is 12.3. The van der Waals surface area contributed by atoms with Crippen LogP contribution in [0.15, 0.2) is 53.6 Å². The van der Waals surface area contributed by atoms with Crippen LogP contribution >= 0.6 is 11.6 Å². The van der Waals surface area contributed by atoms with Crippen molar-refractivity contribution in [1.29, 1.82) is 5.26 Å². The van der Waals surface area contributed by atoms with Gasteiger partial charge in [0.05, 0.1) is 23.0 Å². The van der Waals surface area contributed by atoms with Crippen LogP contribution in [0.2, 0.25) is 5.02 Å². The van der Waals surface area contributed by atoms with Gasteiger partial charge in [0.15, 0.2) is 0 Å². The van der Waals surface area contributed by atoms with E-state index < -0.39 is 11.7 Å². The van der Waals surface area contributed by atoms with E-state index in [4.69, 9.17) is 21.6 Å². The Labute approximate surface area is 155 Å². The minimum Gasteiger partial charge on any atom is -0.461 e. The molecule has 0 spiro atoms. The van der Waals surface area contributed by atoms with Crippen molar-refractivity contribution < 1.29 is 14.3 Å². The molecule has 2 aromatic rings. The van der Waals surface area contributed by atoms with Gasteiger partial charge in [-0.3, -0.25) is 10.2 Å². The number of anilines is 2. The lowest BCUT2D eigenvalue weighted by Gasteiger charge is -2.08. The maximum absolute atomic E-state index is 12.3. The number of para-hydroxylation sites is 1. The molecule has 0 aromatic heterocycles. The number of nitrogens with zero attached hydrogens (tertiary/aromatic N) is 2. The van der Waals surface area contributed by atoms with E-state index in [9.17, 15) is 9.59 Å². The summed E-state index contributed by atoms with van der Waals surface area (Å²) in [6, 6.07) is 14.9. The Kier molecular flexibility index (Phi) is 6.71. The lowest BCUT2D eigenvalue weighted by atomic mass is 10.2. The smallest absolute Gasteiger partial charge is 0.369 e. The zero-order chi connectivity index (χ0) is 18.9. The first-order valence-corrected chi connectivity index (χ1v) is 7.99. The number of hydrogen-bond acceptors (Lipinski definition) is 6. The quantitative estimate of drug-likeness (QED) is 0.460. The molecule has 7 nitrogen and oxygen atoms in total. The van der Waals surface area contributed by atoms with Crippen molar-refractivity contribution in [3.8, 4) is 6.07 Å². The Morgan fingerprint density at radius 2 is 2.00 bits per heavy atom. The lowest BCUT2D eigenvalue weighted by Crippen LogP contribution is -2.17. The Morgan fingerprint density at radius 3 is 2.69 bits per heavy atom. The minimum atomic E-state index is -0.824. The standard InChI is InChI=1S/C18H15ClN4O3/c1-2-26-18(25)16(11-20)23-22-13-7-5-6-12(10-13)17(24)21-15-9-4-3-8-14(15)19/h3-10,22H,2H2,1H3,(H,21,24)/b23-16+. The highest BCUT2D eigenvalue weighted by molar-refractivity contribution is 6.43. The molecular weight excluding hydrogens is 356 g/mol. The summed E-state index contributed by atoms with van der Waals surface area (Å²) >= 11 is 6.02. The van der Waals surface area contributed by atoms with Crippen LogP contribution in [0.5, 0.6) is 0 Å². The second-order valence-corrected chi connectivity index (χ2v) is 5.33. The summed E-state index contributed by atoms with van der Waals surface area (Å²) in [5.74, 6) is -1.19. The fraction of sp³-hybridized carbons (Fsp3) is 0.111. The number of halogens is 1. The first-order valence-electron chi connectivity index (χ1n) is 7.62. The van der Waals surface area contributed by atoms with Gasteiger partial charge in [0.25, 0.3) is 5.91 Å². The van der Waals surface area contributed by atoms with E-state index in [2.05, 4.69) is 15.8 Å². The van der Waals surface area contributed by atoms with Crippen LogP contribution in [-0.2, 0) is 9.53 Å². The predicted octanol–water partition coefficient (Wildman–Crippen LogP) is 3.45. The highest BCUT2D eigenvalue weighted by Crippen LogP contribution is 2.21. The number of benzene rings is 2. The zero-order valence-electron chi connectivity index (χ0n) is 13.8. The van der Waals surface area contributed by atoms with Crippen LogP contribution in [0, 0.1) is 11.3 Å². The van der Waals surface area contributed by atoms with Crippen LogP contribution in [0.25, 0.3) is 0 Å². The van der Waals surface area contributed by atoms with Gasteiger partial charge in [-0.05, 0) is 37.3 Å². The molecule has 2 N–H and O–H groups in total. The number of hydrazone groups is 1. The molecule has 0 bridgehead atoms. The Balaban J connectivity index is 2.12. The van der Waals surface area contributed by atoms with Gasteiger partial charge < -0.3 is 10.1 Å². The summed E-state index contributed by atoms with van der Waals surface area (Å²) < 4.78 is 4.71. The lowest BCUT2D eigenvalue weighted by molar-refractivity contribution is -0.134. The van der Waals surface area contributed by atoms with E-state index in [0.29, 0.717) is 22.0 Å². The summed E-state index contributed by atoms with van der Waals surface area (Å²) in [5, 5.41) is 15.8. The van der Waals surface area contributed by atoms with Gasteiger partial charge >= 0.3 is 5.97 Å². The number of ether oxygens (including phenoxy) is 1. The molecule has 8 heteroatoms. The summed E-state index contributed by atoms with van der Waals surface area (Å²) in [7, 11) is 0. The van der Waals surface area contributed by atoms with Crippen molar-refractivity contribution >= 4 is 40.6 Å². The number of nitrogens with one attached hydrogen (secondary N) is 2. The number of carbonyl (C=O) groups excluding carboxylic acids is 2. The molecule has 0 aliphatic rings. The van der Waals surface area contributed by atoms with Gasteiger partial charge in [0, 0.05) is 5.56 Å². The molecule has 0 radical (unpaired) electrons. The molecule has 0 saturated carbocycles. The Morgan fingerprint density at radius 1 is 1.23 bits per heavy atom. The van der Waals surface area contributed by atoms with E-state index in [0.717, 1.165) is 0 Å². The monoisotopic (exact) mass is 370 g/mol. The maximum Gasteiger partial charge on any atom is 0.369 e. The summed E-state index contributed by atoms with van der Waals surface area (Å²) in [6.07, 6.45) is 0. The number of rotatable bonds is 6. The minimum absolute atomic E-state index is 0.136. The van der Waals surface area contributed by atoms with E-state index in [1.807, 2.05) is 0 Å². The van der Waals surface area contributed by atoms with Crippen LogP contribution in [0.4, 0.5) is 11.4 Å². The van der Waals surface area contributed by atoms with Crippen LogP contribution in [0.3, 0.4) is 0 Å². The molecule has 26 heavy (non-hydrogen) atoms. The average Bonchev–Trinajstić information content (AvgIpc) is 2.64.